The molecule has 0 radical (unpaired) electrons. The topological polar surface area (TPSA) is 64.9 Å². The Bertz CT molecular complexity index is 382. The van der Waals surface area contributed by atoms with Crippen LogP contribution in [0, 0.1) is 6.92 Å². The van der Waals surface area contributed by atoms with E-state index in [-0.39, 0.29) is 6.04 Å². The summed E-state index contributed by atoms with van der Waals surface area (Å²) in [7, 11) is 0. The molecule has 2 rings (SSSR count). The van der Waals surface area contributed by atoms with E-state index in [4.69, 9.17) is 10.2 Å². The molecule has 0 saturated carbocycles. The Morgan fingerprint density at radius 1 is 1.62 bits per heavy atom. The Kier molecular flexibility index (Phi) is 2.12. The van der Waals surface area contributed by atoms with Gasteiger partial charge < -0.3 is 10.2 Å². The van der Waals surface area contributed by atoms with Gasteiger partial charge in [0.05, 0.1) is 29.1 Å². The average molecular weight is 195 g/mol. The van der Waals surface area contributed by atoms with Gasteiger partial charge in [0.1, 0.15) is 0 Å². The zero-order valence-corrected chi connectivity index (χ0v) is 7.91. The lowest BCUT2D eigenvalue weighted by Gasteiger charge is -2.05. The fraction of sp³-hybridized carbons (Fsp3) is 0.250. The van der Waals surface area contributed by atoms with Crippen LogP contribution in [0.25, 0.3) is 0 Å². The zero-order chi connectivity index (χ0) is 9.26. The number of nitrogens with zero attached hydrogens (tertiary/aromatic N) is 2. The summed E-state index contributed by atoms with van der Waals surface area (Å²) in [5, 5.41) is 3.91. The Morgan fingerprint density at radius 3 is 3.00 bits per heavy atom. The van der Waals surface area contributed by atoms with Gasteiger partial charge in [-0.1, -0.05) is 4.49 Å². The minimum atomic E-state index is -0.168. The highest BCUT2D eigenvalue weighted by Gasteiger charge is 2.15. The van der Waals surface area contributed by atoms with Crippen molar-refractivity contribution in [2.24, 2.45) is 5.73 Å². The standard InChI is InChI=1S/C8H9N3OS/c1-5-8(13-11-10-5)7(9)6-2-3-12-4-6/h2-4,7H,9H2,1H3. The van der Waals surface area contributed by atoms with Crippen molar-refractivity contribution in [3.63, 3.8) is 0 Å². The van der Waals surface area contributed by atoms with E-state index in [0.29, 0.717) is 0 Å². The van der Waals surface area contributed by atoms with Gasteiger partial charge in [0.15, 0.2) is 0 Å². The van der Waals surface area contributed by atoms with E-state index in [1.807, 2.05) is 13.0 Å². The molecule has 0 aliphatic carbocycles. The van der Waals surface area contributed by atoms with Crippen molar-refractivity contribution in [2.45, 2.75) is 13.0 Å². The number of aryl methyl sites for hydroxylation is 1. The molecule has 0 aliphatic rings. The van der Waals surface area contributed by atoms with Crippen LogP contribution in [-0.4, -0.2) is 9.59 Å². The molecule has 13 heavy (non-hydrogen) atoms. The fourth-order valence-electron chi connectivity index (χ4n) is 1.13. The van der Waals surface area contributed by atoms with E-state index in [0.717, 1.165) is 16.1 Å². The van der Waals surface area contributed by atoms with Crippen LogP contribution in [0.1, 0.15) is 22.2 Å². The van der Waals surface area contributed by atoms with Crippen LogP contribution in [0.15, 0.2) is 23.0 Å². The normalized spacial score (nSPS) is 13.1. The molecule has 0 aromatic carbocycles. The lowest BCUT2D eigenvalue weighted by molar-refractivity contribution is 0.562. The van der Waals surface area contributed by atoms with Gasteiger partial charge in [-0.25, -0.2) is 0 Å². The van der Waals surface area contributed by atoms with E-state index in [9.17, 15) is 0 Å². The van der Waals surface area contributed by atoms with Crippen LogP contribution in [0.2, 0.25) is 0 Å². The average Bonchev–Trinajstić information content (AvgIpc) is 2.72. The number of rotatable bonds is 2. The molecular formula is C8H9N3OS. The molecule has 0 fully saturated rings. The molecule has 2 heterocycles. The molecular weight excluding hydrogens is 186 g/mol. The molecule has 2 aromatic rings. The number of nitrogens with two attached hydrogens (primary N) is 1. The van der Waals surface area contributed by atoms with E-state index in [1.165, 1.54) is 11.5 Å². The minimum Gasteiger partial charge on any atom is -0.472 e. The Labute approximate surface area is 79.5 Å². The fourth-order valence-corrected chi connectivity index (χ4v) is 1.80. The van der Waals surface area contributed by atoms with Gasteiger partial charge in [-0.15, -0.1) is 5.10 Å². The Hall–Kier alpha value is -1.20. The van der Waals surface area contributed by atoms with Crippen LogP contribution in [-0.2, 0) is 0 Å². The number of aromatic nitrogens is 2. The highest BCUT2D eigenvalue weighted by Crippen LogP contribution is 2.24. The van der Waals surface area contributed by atoms with Crippen molar-refractivity contribution in [1.29, 1.82) is 0 Å². The smallest absolute Gasteiger partial charge is 0.0954 e. The summed E-state index contributed by atoms with van der Waals surface area (Å²) in [6.07, 6.45) is 3.25. The second kappa shape index (κ2) is 3.27. The molecule has 0 aliphatic heterocycles. The van der Waals surface area contributed by atoms with Crippen molar-refractivity contribution < 1.29 is 4.42 Å². The Balaban J connectivity index is 2.33. The third-order valence-corrected chi connectivity index (χ3v) is 2.78. The molecule has 0 saturated heterocycles. The van der Waals surface area contributed by atoms with Gasteiger partial charge in [0, 0.05) is 5.56 Å². The van der Waals surface area contributed by atoms with Crippen LogP contribution >= 0.6 is 11.5 Å². The van der Waals surface area contributed by atoms with Crippen molar-refractivity contribution in [3.8, 4) is 0 Å². The molecule has 0 spiro atoms. The SMILES string of the molecule is Cc1nnsc1C(N)c1ccoc1. The molecule has 1 atom stereocenters. The Morgan fingerprint density at radius 2 is 2.46 bits per heavy atom. The monoisotopic (exact) mass is 195 g/mol. The van der Waals surface area contributed by atoms with E-state index < -0.39 is 0 Å². The van der Waals surface area contributed by atoms with Gasteiger partial charge in [0.25, 0.3) is 0 Å². The predicted octanol–water partition coefficient (Wildman–Crippen LogP) is 1.49. The predicted molar refractivity (Wildman–Crippen MR) is 49.4 cm³/mol. The van der Waals surface area contributed by atoms with Crippen molar-refractivity contribution in [3.05, 3.63) is 34.7 Å². The lowest BCUT2D eigenvalue weighted by Crippen LogP contribution is -2.10. The maximum Gasteiger partial charge on any atom is 0.0954 e. The first kappa shape index (κ1) is 8.40. The van der Waals surface area contributed by atoms with Crippen molar-refractivity contribution >= 4 is 11.5 Å². The first-order valence-corrected chi connectivity index (χ1v) is 4.63. The maximum absolute atomic E-state index is 5.98. The second-order valence-electron chi connectivity index (χ2n) is 2.76. The number of hydrogen-bond acceptors (Lipinski definition) is 5. The van der Waals surface area contributed by atoms with E-state index >= 15 is 0 Å². The molecule has 5 heteroatoms. The largest absolute Gasteiger partial charge is 0.472 e. The molecule has 0 bridgehead atoms. The third-order valence-electron chi connectivity index (χ3n) is 1.87. The number of furan rings is 1. The van der Waals surface area contributed by atoms with E-state index in [1.54, 1.807) is 12.5 Å². The second-order valence-corrected chi connectivity index (χ2v) is 3.54. The van der Waals surface area contributed by atoms with Crippen molar-refractivity contribution in [2.75, 3.05) is 0 Å². The van der Waals surface area contributed by atoms with Gasteiger partial charge in [-0.2, -0.15) is 0 Å². The van der Waals surface area contributed by atoms with Crippen LogP contribution < -0.4 is 5.73 Å². The highest BCUT2D eigenvalue weighted by atomic mass is 32.1. The van der Waals surface area contributed by atoms with E-state index in [2.05, 4.69) is 9.59 Å². The molecule has 2 aromatic heterocycles. The van der Waals surface area contributed by atoms with Gasteiger partial charge >= 0.3 is 0 Å². The first-order valence-electron chi connectivity index (χ1n) is 3.85. The van der Waals surface area contributed by atoms with Crippen LogP contribution in [0.4, 0.5) is 0 Å². The third kappa shape index (κ3) is 1.48. The molecule has 2 N–H and O–H groups in total. The van der Waals surface area contributed by atoms with Crippen LogP contribution in [0.5, 0.6) is 0 Å². The summed E-state index contributed by atoms with van der Waals surface area (Å²) < 4.78 is 8.79. The molecule has 68 valence electrons. The molecule has 1 unspecified atom stereocenters. The highest BCUT2D eigenvalue weighted by molar-refractivity contribution is 7.05. The van der Waals surface area contributed by atoms with Crippen LogP contribution in [0.3, 0.4) is 0 Å². The lowest BCUT2D eigenvalue weighted by atomic mass is 10.1. The van der Waals surface area contributed by atoms with Gasteiger partial charge in [-0.3, -0.25) is 0 Å². The van der Waals surface area contributed by atoms with Crippen molar-refractivity contribution in [1.82, 2.24) is 9.59 Å². The quantitative estimate of drug-likeness (QED) is 0.788. The zero-order valence-electron chi connectivity index (χ0n) is 7.10. The molecule has 0 amide bonds. The summed E-state index contributed by atoms with van der Waals surface area (Å²) in [6.45, 7) is 1.90. The molecule has 4 nitrogen and oxygen atoms in total. The van der Waals surface area contributed by atoms with Gasteiger partial charge in [0.2, 0.25) is 0 Å². The maximum atomic E-state index is 5.98. The summed E-state index contributed by atoms with van der Waals surface area (Å²) in [5.74, 6) is 0. The summed E-state index contributed by atoms with van der Waals surface area (Å²) in [4.78, 5) is 0.987. The summed E-state index contributed by atoms with van der Waals surface area (Å²) in [5.41, 5.74) is 7.82. The minimum absolute atomic E-state index is 0.168. The van der Waals surface area contributed by atoms with Gasteiger partial charge in [-0.05, 0) is 24.5 Å². The summed E-state index contributed by atoms with van der Waals surface area (Å²) >= 11 is 1.33. The first-order chi connectivity index (χ1) is 6.29. The number of hydrogen-bond donors (Lipinski definition) is 1. The summed E-state index contributed by atoms with van der Waals surface area (Å²) in [6, 6.07) is 1.68.